The molecule has 208 valence electrons. The monoisotopic (exact) mass is 607 g/mol. The second kappa shape index (κ2) is 11.4. The van der Waals surface area contributed by atoms with Gasteiger partial charge in [0.05, 0.1) is 18.7 Å². The number of ether oxygens (including phenoxy) is 3. The predicted molar refractivity (Wildman–Crippen MR) is 156 cm³/mol. The number of aliphatic hydroxyl groups excluding tert-OH is 1. The van der Waals surface area contributed by atoms with E-state index in [4.69, 9.17) is 25.8 Å². The molecule has 2 aliphatic rings. The molecular formula is C29H22ClN3O6S2. The summed E-state index contributed by atoms with van der Waals surface area (Å²) in [6, 6.07) is 18.4. The fourth-order valence-corrected chi connectivity index (χ4v) is 6.51. The minimum atomic E-state index is -0.948. The van der Waals surface area contributed by atoms with E-state index in [0.717, 1.165) is 5.56 Å². The van der Waals surface area contributed by atoms with E-state index in [0.29, 0.717) is 56.7 Å². The van der Waals surface area contributed by atoms with Crippen molar-refractivity contribution in [2.45, 2.75) is 16.1 Å². The standard InChI is InChI=1S/C29H22ClN3O6S2/c1-37-20-9-4-17(5-10-20)24-23(25(34)18-6-11-21-22(14-18)39-13-12-38-21)26(35)27(36)33(24)28-31-32-29(41-28)40-15-16-2-7-19(30)8-3-16/h2-11,14,24,34H,12-13,15H2,1H3. The zero-order valence-electron chi connectivity index (χ0n) is 21.6. The lowest BCUT2D eigenvalue weighted by Crippen LogP contribution is -2.29. The van der Waals surface area contributed by atoms with E-state index in [2.05, 4.69) is 10.2 Å². The minimum absolute atomic E-state index is 0.0672. The first-order valence-corrected chi connectivity index (χ1v) is 14.7. The lowest BCUT2D eigenvalue weighted by atomic mass is 9.95. The number of thioether (sulfide) groups is 1. The predicted octanol–water partition coefficient (Wildman–Crippen LogP) is 5.89. The molecule has 0 bridgehead atoms. The highest BCUT2D eigenvalue weighted by molar-refractivity contribution is 8.00. The third kappa shape index (κ3) is 5.35. The zero-order valence-corrected chi connectivity index (χ0v) is 24.0. The molecule has 3 heterocycles. The molecule has 0 aliphatic carbocycles. The lowest BCUT2D eigenvalue weighted by molar-refractivity contribution is -0.132. The van der Waals surface area contributed by atoms with Gasteiger partial charge >= 0.3 is 5.91 Å². The molecule has 0 radical (unpaired) electrons. The number of hydrogen-bond acceptors (Lipinski definition) is 10. The minimum Gasteiger partial charge on any atom is -0.507 e. The van der Waals surface area contributed by atoms with Gasteiger partial charge in [0.2, 0.25) is 5.13 Å². The number of Topliss-reactive ketones (excluding diaryl/α,β-unsaturated/α-hetero) is 1. The molecule has 4 aromatic rings. The fourth-order valence-electron chi connectivity index (χ4n) is 4.56. The number of anilines is 1. The number of carbonyl (C=O) groups is 2. The molecule has 1 N–H and O–H groups in total. The Morgan fingerprint density at radius 2 is 1.78 bits per heavy atom. The van der Waals surface area contributed by atoms with Gasteiger partial charge in [-0.05, 0) is 53.6 Å². The van der Waals surface area contributed by atoms with Crippen molar-refractivity contribution in [2.24, 2.45) is 0 Å². The summed E-state index contributed by atoms with van der Waals surface area (Å²) in [6.07, 6.45) is 0. The summed E-state index contributed by atoms with van der Waals surface area (Å²) in [7, 11) is 1.55. The Morgan fingerprint density at radius 1 is 1.05 bits per heavy atom. The average Bonchev–Trinajstić information content (AvgIpc) is 3.58. The molecule has 1 atom stereocenters. The van der Waals surface area contributed by atoms with Crippen molar-refractivity contribution in [3.05, 3.63) is 94.0 Å². The van der Waals surface area contributed by atoms with Gasteiger partial charge in [0, 0.05) is 16.3 Å². The van der Waals surface area contributed by atoms with Crippen LogP contribution in [0.1, 0.15) is 22.7 Å². The van der Waals surface area contributed by atoms with Crippen molar-refractivity contribution >= 4 is 57.3 Å². The first-order valence-electron chi connectivity index (χ1n) is 12.5. The van der Waals surface area contributed by atoms with Crippen LogP contribution in [-0.2, 0) is 15.3 Å². The first kappa shape index (κ1) is 27.1. The molecule has 41 heavy (non-hydrogen) atoms. The fraction of sp³-hybridized carbons (Fsp3) is 0.172. The van der Waals surface area contributed by atoms with Gasteiger partial charge in [-0.1, -0.05) is 59.0 Å². The van der Waals surface area contributed by atoms with Crippen LogP contribution in [0.3, 0.4) is 0 Å². The van der Waals surface area contributed by atoms with Crippen LogP contribution in [0.15, 0.2) is 76.6 Å². The summed E-state index contributed by atoms with van der Waals surface area (Å²) in [5.74, 6) is 0.245. The van der Waals surface area contributed by atoms with Crippen LogP contribution in [0.5, 0.6) is 17.2 Å². The Balaban J connectivity index is 1.38. The molecule has 1 unspecified atom stereocenters. The average molecular weight is 608 g/mol. The normalized spacial score (nSPS) is 17.6. The second-order valence-corrected chi connectivity index (χ2v) is 11.7. The van der Waals surface area contributed by atoms with Crippen molar-refractivity contribution in [1.29, 1.82) is 0 Å². The van der Waals surface area contributed by atoms with E-state index >= 15 is 0 Å². The van der Waals surface area contributed by atoms with E-state index < -0.39 is 17.7 Å². The number of aromatic nitrogens is 2. The smallest absolute Gasteiger partial charge is 0.301 e. The highest BCUT2D eigenvalue weighted by Crippen LogP contribution is 2.45. The SMILES string of the molecule is COc1ccc(C2C(=C(O)c3ccc4c(c3)OCCO4)C(=O)C(=O)N2c2nnc(SCc3ccc(Cl)cc3)s2)cc1. The highest BCUT2D eigenvalue weighted by Gasteiger charge is 2.48. The number of carbonyl (C=O) groups excluding carboxylic acids is 2. The Labute approximate surface area is 248 Å². The van der Waals surface area contributed by atoms with Crippen molar-refractivity contribution in [2.75, 3.05) is 25.2 Å². The molecule has 6 rings (SSSR count). The zero-order chi connectivity index (χ0) is 28.5. The van der Waals surface area contributed by atoms with Gasteiger partial charge in [0.1, 0.15) is 24.7 Å². The van der Waals surface area contributed by atoms with Crippen LogP contribution in [0.2, 0.25) is 5.02 Å². The summed E-state index contributed by atoms with van der Waals surface area (Å²) in [6.45, 7) is 0.783. The van der Waals surface area contributed by atoms with Gasteiger partial charge in [-0.15, -0.1) is 10.2 Å². The number of nitrogens with zero attached hydrogens (tertiary/aromatic N) is 3. The Bertz CT molecular complexity index is 1660. The number of fused-ring (bicyclic) bond motifs is 1. The number of aliphatic hydroxyl groups is 1. The number of hydrogen-bond donors (Lipinski definition) is 1. The van der Waals surface area contributed by atoms with Gasteiger partial charge in [0.25, 0.3) is 5.78 Å². The number of benzene rings is 3. The quantitative estimate of drug-likeness (QED) is 0.0903. The van der Waals surface area contributed by atoms with Gasteiger partial charge in [0.15, 0.2) is 15.8 Å². The summed E-state index contributed by atoms with van der Waals surface area (Å²) in [5.41, 5.74) is 1.90. The molecule has 1 fully saturated rings. The van der Waals surface area contributed by atoms with Crippen LogP contribution < -0.4 is 19.1 Å². The van der Waals surface area contributed by atoms with Crippen molar-refractivity contribution < 1.29 is 28.9 Å². The molecule has 1 saturated heterocycles. The molecule has 3 aromatic carbocycles. The van der Waals surface area contributed by atoms with Crippen molar-refractivity contribution in [1.82, 2.24) is 10.2 Å². The molecule has 0 spiro atoms. The molecule has 0 saturated carbocycles. The molecule has 9 nitrogen and oxygen atoms in total. The van der Waals surface area contributed by atoms with Crippen LogP contribution in [0.25, 0.3) is 5.76 Å². The summed E-state index contributed by atoms with van der Waals surface area (Å²) < 4.78 is 17.1. The van der Waals surface area contributed by atoms with Crippen LogP contribution >= 0.6 is 34.7 Å². The molecule has 12 heteroatoms. The van der Waals surface area contributed by atoms with E-state index in [-0.39, 0.29) is 16.5 Å². The molecular weight excluding hydrogens is 586 g/mol. The van der Waals surface area contributed by atoms with Crippen LogP contribution in [0.4, 0.5) is 5.13 Å². The van der Waals surface area contributed by atoms with Gasteiger partial charge in [-0.25, -0.2) is 0 Å². The maximum absolute atomic E-state index is 13.5. The number of rotatable bonds is 7. The maximum Gasteiger partial charge on any atom is 0.301 e. The van der Waals surface area contributed by atoms with Crippen molar-refractivity contribution in [3.63, 3.8) is 0 Å². The van der Waals surface area contributed by atoms with Crippen LogP contribution in [0, 0.1) is 0 Å². The van der Waals surface area contributed by atoms with E-state index in [9.17, 15) is 14.7 Å². The number of amides is 1. The largest absolute Gasteiger partial charge is 0.507 e. The Kier molecular flexibility index (Phi) is 7.57. The lowest BCUT2D eigenvalue weighted by Gasteiger charge is -2.23. The van der Waals surface area contributed by atoms with E-state index in [1.807, 2.05) is 24.3 Å². The second-order valence-electron chi connectivity index (χ2n) is 9.07. The van der Waals surface area contributed by atoms with Gasteiger partial charge in [-0.3, -0.25) is 14.5 Å². The third-order valence-electron chi connectivity index (χ3n) is 6.57. The summed E-state index contributed by atoms with van der Waals surface area (Å²) >= 11 is 8.63. The summed E-state index contributed by atoms with van der Waals surface area (Å²) in [5, 5.41) is 20.9. The summed E-state index contributed by atoms with van der Waals surface area (Å²) in [4.78, 5) is 28.3. The Hall–Kier alpha value is -4.06. The third-order valence-corrected chi connectivity index (χ3v) is 8.95. The van der Waals surface area contributed by atoms with Gasteiger partial charge in [-0.2, -0.15) is 0 Å². The number of methoxy groups -OCH3 is 1. The Morgan fingerprint density at radius 3 is 2.51 bits per heavy atom. The van der Waals surface area contributed by atoms with E-state index in [1.165, 1.54) is 28.0 Å². The van der Waals surface area contributed by atoms with E-state index in [1.54, 1.807) is 49.6 Å². The number of ketones is 1. The highest BCUT2D eigenvalue weighted by atomic mass is 35.5. The molecule has 1 amide bonds. The van der Waals surface area contributed by atoms with Crippen molar-refractivity contribution in [3.8, 4) is 17.2 Å². The molecule has 2 aliphatic heterocycles. The maximum atomic E-state index is 13.5. The topological polar surface area (TPSA) is 111 Å². The van der Waals surface area contributed by atoms with Gasteiger partial charge < -0.3 is 19.3 Å². The number of halogens is 1. The molecule has 1 aromatic heterocycles. The first-order chi connectivity index (χ1) is 19.9. The van der Waals surface area contributed by atoms with Crippen LogP contribution in [-0.4, -0.2) is 47.3 Å².